The molecule has 6 nitrogen and oxygen atoms in total. The van der Waals surface area contributed by atoms with Crippen molar-refractivity contribution in [1.29, 1.82) is 0 Å². The van der Waals surface area contributed by atoms with Crippen LogP contribution in [0.1, 0.15) is 36.0 Å². The molecule has 2 aromatic rings. The molecular formula is C23H26ClNO5S. The molecule has 0 aromatic heterocycles. The Morgan fingerprint density at radius 2 is 1.65 bits per heavy atom. The minimum Gasteiger partial charge on any atom is -0.478 e. The largest absolute Gasteiger partial charge is 0.478 e. The summed E-state index contributed by atoms with van der Waals surface area (Å²) in [5.41, 5.74) is 2.20. The van der Waals surface area contributed by atoms with Gasteiger partial charge >= 0.3 is 11.9 Å². The summed E-state index contributed by atoms with van der Waals surface area (Å²) in [6, 6.07) is 14.3. The lowest BCUT2D eigenvalue weighted by Crippen LogP contribution is -2.16. The first-order valence-corrected chi connectivity index (χ1v) is 10.9. The van der Waals surface area contributed by atoms with Crippen molar-refractivity contribution in [3.05, 3.63) is 70.8 Å². The van der Waals surface area contributed by atoms with Gasteiger partial charge in [-0.2, -0.15) is 0 Å². The molecule has 1 aliphatic heterocycles. The topological polar surface area (TPSA) is 98.1 Å². The second-order valence-corrected chi connectivity index (χ2v) is 8.85. The second-order valence-electron chi connectivity index (χ2n) is 7.33. The molecule has 3 N–H and O–H groups in total. The number of carboxylic acid groups (broad SMARTS) is 2. The van der Waals surface area contributed by atoms with E-state index in [4.69, 9.17) is 21.8 Å². The molecule has 1 aliphatic rings. The fraction of sp³-hybridized carbons (Fsp3) is 0.304. The normalized spacial score (nSPS) is 17.3. The molecule has 2 atom stereocenters. The number of aliphatic carboxylic acids is 2. The van der Waals surface area contributed by atoms with Crippen molar-refractivity contribution in [3.63, 3.8) is 0 Å². The summed E-state index contributed by atoms with van der Waals surface area (Å²) >= 11 is 7.90. The zero-order valence-electron chi connectivity index (χ0n) is 17.4. The number of benzene rings is 2. The third-order valence-electron chi connectivity index (χ3n) is 4.70. The van der Waals surface area contributed by atoms with E-state index in [0.29, 0.717) is 17.2 Å². The highest BCUT2D eigenvalue weighted by atomic mass is 35.5. The van der Waals surface area contributed by atoms with Crippen LogP contribution in [0, 0.1) is 0 Å². The zero-order chi connectivity index (χ0) is 23.0. The Morgan fingerprint density at radius 3 is 2.26 bits per heavy atom. The number of carbonyl (C=O) groups is 2. The van der Waals surface area contributed by atoms with E-state index in [-0.39, 0.29) is 5.92 Å². The van der Waals surface area contributed by atoms with Gasteiger partial charge in [0.1, 0.15) is 0 Å². The van der Waals surface area contributed by atoms with Gasteiger partial charge in [-0.25, -0.2) is 9.59 Å². The maximum atomic E-state index is 11.1. The lowest BCUT2D eigenvalue weighted by Gasteiger charge is -2.24. The van der Waals surface area contributed by atoms with Gasteiger partial charge in [-0.15, -0.1) is 0 Å². The first kappa shape index (κ1) is 24.9. The van der Waals surface area contributed by atoms with Crippen LogP contribution in [0.4, 0.5) is 0 Å². The number of rotatable bonds is 6. The monoisotopic (exact) mass is 463 g/mol. The van der Waals surface area contributed by atoms with Crippen molar-refractivity contribution in [3.8, 4) is 0 Å². The number of fused-ring (bicyclic) bond motifs is 2. The van der Waals surface area contributed by atoms with Gasteiger partial charge in [0.2, 0.25) is 0 Å². The van der Waals surface area contributed by atoms with Crippen molar-refractivity contribution in [2.24, 2.45) is 0 Å². The molecule has 1 heterocycles. The minimum atomic E-state index is -1.26. The van der Waals surface area contributed by atoms with E-state index in [0.717, 1.165) is 29.8 Å². The van der Waals surface area contributed by atoms with Gasteiger partial charge in [0.15, 0.2) is 0 Å². The van der Waals surface area contributed by atoms with E-state index in [2.05, 4.69) is 43.3 Å². The molecule has 166 valence electrons. The molecule has 0 bridgehead atoms. The highest BCUT2D eigenvalue weighted by Crippen LogP contribution is 2.48. The average Bonchev–Trinajstić information content (AvgIpc) is 2.82. The molecule has 0 unspecified atom stereocenters. The van der Waals surface area contributed by atoms with Crippen LogP contribution in [-0.2, 0) is 9.59 Å². The highest BCUT2D eigenvalue weighted by molar-refractivity contribution is 7.99. The quantitative estimate of drug-likeness (QED) is 0.535. The Balaban J connectivity index is 0.000000366. The Morgan fingerprint density at radius 1 is 1.03 bits per heavy atom. The van der Waals surface area contributed by atoms with Crippen LogP contribution >= 0.6 is 23.4 Å². The number of carboxylic acids is 2. The average molecular weight is 464 g/mol. The summed E-state index contributed by atoms with van der Waals surface area (Å²) in [6.07, 6.45) is 2.62. The van der Waals surface area contributed by atoms with E-state index < -0.39 is 18.0 Å². The molecule has 0 amide bonds. The lowest BCUT2D eigenvalue weighted by molar-refractivity contribution is -0.134. The fourth-order valence-corrected chi connectivity index (χ4v) is 4.65. The van der Waals surface area contributed by atoms with Gasteiger partial charge < -0.3 is 20.2 Å². The van der Waals surface area contributed by atoms with Crippen LogP contribution in [0.25, 0.3) is 0 Å². The molecule has 3 rings (SSSR count). The van der Waals surface area contributed by atoms with Crippen LogP contribution in [0.5, 0.6) is 0 Å². The van der Waals surface area contributed by atoms with Gasteiger partial charge in [-0.05, 0) is 68.9 Å². The molecule has 8 heteroatoms. The van der Waals surface area contributed by atoms with E-state index in [1.807, 2.05) is 18.2 Å². The molecule has 2 aromatic carbocycles. The first-order valence-electron chi connectivity index (χ1n) is 9.72. The predicted molar refractivity (Wildman–Crippen MR) is 122 cm³/mol. The lowest BCUT2D eigenvalue weighted by atomic mass is 9.85. The molecule has 31 heavy (non-hydrogen) atoms. The SMILES string of the molecule is CN(C)CCC[C@@H]1c2ccccc2Sc2ccc(Cl)cc2[C@@H]1O.O=C(O)/C=C\C(=O)O. The number of hydrogen-bond donors (Lipinski definition) is 3. The number of aliphatic hydroxyl groups excluding tert-OH is 1. The van der Waals surface area contributed by atoms with E-state index in [9.17, 15) is 14.7 Å². The Hall–Kier alpha value is -2.32. The van der Waals surface area contributed by atoms with Gasteiger partial charge in [0.25, 0.3) is 0 Å². The standard InChI is InChI=1S/C19H22ClNOS.C4H4O4/c1-21(2)11-5-7-15-14-6-3-4-8-17(14)23-18-10-9-13(20)12-16(18)19(15)22;5-3(6)1-2-4(7)8/h3-4,6,8-10,12,15,19,22H,5,7,11H2,1-2H3;1-2H,(H,5,6)(H,7,8)/b;2-1-/t15-,19-;/m1./s1. The smallest absolute Gasteiger partial charge is 0.328 e. The van der Waals surface area contributed by atoms with Crippen LogP contribution in [0.15, 0.2) is 64.4 Å². The van der Waals surface area contributed by atoms with Crippen molar-refractivity contribution in [2.75, 3.05) is 20.6 Å². The molecule has 0 saturated carbocycles. The van der Waals surface area contributed by atoms with E-state index in [1.165, 1.54) is 10.5 Å². The molecule has 0 spiro atoms. The number of halogens is 1. The molecule has 0 aliphatic carbocycles. The third kappa shape index (κ3) is 7.70. The zero-order valence-corrected chi connectivity index (χ0v) is 18.9. The number of aliphatic hydroxyl groups is 1. The predicted octanol–water partition coefficient (Wildman–Crippen LogP) is 4.68. The fourth-order valence-electron chi connectivity index (χ4n) is 3.31. The van der Waals surface area contributed by atoms with Crippen LogP contribution in [0.2, 0.25) is 5.02 Å². The summed E-state index contributed by atoms with van der Waals surface area (Å²) in [5.74, 6) is -2.40. The van der Waals surface area contributed by atoms with Crippen molar-refractivity contribution < 1.29 is 24.9 Å². The summed E-state index contributed by atoms with van der Waals surface area (Å²) in [5, 5.41) is 27.4. The maximum Gasteiger partial charge on any atom is 0.328 e. The minimum absolute atomic E-state index is 0.110. The van der Waals surface area contributed by atoms with Crippen molar-refractivity contribution in [2.45, 2.75) is 34.7 Å². The highest BCUT2D eigenvalue weighted by Gasteiger charge is 2.30. The van der Waals surface area contributed by atoms with Gasteiger partial charge in [0.05, 0.1) is 6.10 Å². The van der Waals surface area contributed by atoms with Crippen LogP contribution in [0.3, 0.4) is 0 Å². The van der Waals surface area contributed by atoms with Crippen LogP contribution < -0.4 is 0 Å². The Labute approximate surface area is 191 Å². The number of hydrogen-bond acceptors (Lipinski definition) is 5. The van der Waals surface area contributed by atoms with Gasteiger partial charge in [0, 0.05) is 32.9 Å². The second kappa shape index (κ2) is 11.9. The van der Waals surface area contributed by atoms with Gasteiger partial charge in [-0.1, -0.05) is 41.6 Å². The maximum absolute atomic E-state index is 11.1. The van der Waals surface area contributed by atoms with Crippen molar-refractivity contribution >= 4 is 35.3 Å². The van der Waals surface area contributed by atoms with E-state index >= 15 is 0 Å². The summed E-state index contributed by atoms with van der Waals surface area (Å²) in [7, 11) is 4.17. The molecule has 0 radical (unpaired) electrons. The molecular weight excluding hydrogens is 438 g/mol. The Bertz CT molecular complexity index is 931. The van der Waals surface area contributed by atoms with Crippen LogP contribution in [-0.4, -0.2) is 52.8 Å². The Kier molecular flexibility index (Phi) is 9.58. The van der Waals surface area contributed by atoms with Gasteiger partial charge in [-0.3, -0.25) is 0 Å². The molecule has 0 saturated heterocycles. The third-order valence-corrected chi connectivity index (χ3v) is 6.12. The summed E-state index contributed by atoms with van der Waals surface area (Å²) < 4.78 is 0. The summed E-state index contributed by atoms with van der Waals surface area (Å²) in [4.78, 5) is 23.6. The number of nitrogens with zero attached hydrogens (tertiary/aromatic N) is 1. The van der Waals surface area contributed by atoms with Crippen molar-refractivity contribution in [1.82, 2.24) is 4.90 Å². The summed E-state index contributed by atoms with van der Waals surface area (Å²) in [6.45, 7) is 1.03. The molecule has 0 fully saturated rings. The first-order chi connectivity index (χ1) is 14.7. The van der Waals surface area contributed by atoms with E-state index in [1.54, 1.807) is 11.8 Å².